The lowest BCUT2D eigenvalue weighted by atomic mass is 10.0. The summed E-state index contributed by atoms with van der Waals surface area (Å²) in [6.07, 6.45) is -4.49. The van der Waals surface area contributed by atoms with Crippen LogP contribution in [0.15, 0.2) is 35.3 Å². The van der Waals surface area contributed by atoms with Crippen molar-refractivity contribution >= 4 is 22.5 Å². The van der Waals surface area contributed by atoms with E-state index in [1.807, 2.05) is 10.6 Å². The third-order valence-corrected chi connectivity index (χ3v) is 5.22. The topological polar surface area (TPSA) is 86.7 Å². The Bertz CT molecular complexity index is 1220. The number of methoxy groups -OCH3 is 2. The number of nitrogen functional groups attached to an aromatic ring is 1. The van der Waals surface area contributed by atoms with Crippen molar-refractivity contribution in [3.63, 3.8) is 0 Å². The molecule has 1 aliphatic rings. The fourth-order valence-corrected chi connectivity index (χ4v) is 3.68. The number of anilines is 2. The monoisotopic (exact) mass is 433 g/mol. The van der Waals surface area contributed by atoms with Crippen LogP contribution in [0, 0.1) is 0 Å². The summed E-state index contributed by atoms with van der Waals surface area (Å²) in [7, 11) is 3.09. The maximum Gasteiger partial charge on any atom is 0.416 e. The van der Waals surface area contributed by atoms with E-state index < -0.39 is 17.8 Å². The summed E-state index contributed by atoms with van der Waals surface area (Å²) in [5.74, 6) is 1.71. The number of ether oxygens (including phenoxy) is 2. The van der Waals surface area contributed by atoms with Crippen molar-refractivity contribution in [2.45, 2.75) is 25.7 Å². The molecule has 3 aromatic rings. The molecule has 31 heavy (non-hydrogen) atoms. The molecule has 10 heteroatoms. The van der Waals surface area contributed by atoms with E-state index in [1.165, 1.54) is 13.2 Å². The minimum Gasteiger partial charge on any atom is -0.493 e. The molecule has 7 nitrogen and oxygen atoms in total. The Morgan fingerprint density at radius 2 is 1.84 bits per heavy atom. The van der Waals surface area contributed by atoms with Crippen molar-refractivity contribution in [3.8, 4) is 11.5 Å². The summed E-state index contributed by atoms with van der Waals surface area (Å²) in [4.78, 5) is 9.25. The number of halogens is 3. The molecule has 0 radical (unpaired) electrons. The highest BCUT2D eigenvalue weighted by Crippen LogP contribution is 2.34. The highest BCUT2D eigenvalue weighted by atomic mass is 19.4. The fourth-order valence-electron chi connectivity index (χ4n) is 3.68. The zero-order valence-electron chi connectivity index (χ0n) is 17.2. The van der Waals surface area contributed by atoms with Crippen molar-refractivity contribution < 1.29 is 22.6 Å². The zero-order chi connectivity index (χ0) is 22.3. The average molecular weight is 433 g/mol. The smallest absolute Gasteiger partial charge is 0.416 e. The molecule has 0 fully saturated rings. The molecule has 0 unspecified atom stereocenters. The predicted octanol–water partition coefficient (Wildman–Crippen LogP) is 3.74. The number of hydrogen-bond donors (Lipinski definition) is 2. The largest absolute Gasteiger partial charge is 0.493 e. The molecule has 3 N–H and O–H groups in total. The van der Waals surface area contributed by atoms with Crippen molar-refractivity contribution in [1.29, 1.82) is 0 Å². The predicted molar refractivity (Wildman–Crippen MR) is 111 cm³/mol. The summed E-state index contributed by atoms with van der Waals surface area (Å²) in [6.45, 7) is 3.13. The molecule has 0 amide bonds. The Morgan fingerprint density at radius 1 is 1.13 bits per heavy atom. The Hall–Kier alpha value is -3.43. The molecule has 0 spiro atoms. The molecule has 0 aliphatic carbocycles. The first-order valence-electron chi connectivity index (χ1n) is 9.63. The molecule has 1 aromatic heterocycles. The van der Waals surface area contributed by atoms with E-state index in [2.05, 4.69) is 15.3 Å². The van der Waals surface area contributed by atoms with Crippen molar-refractivity contribution in [2.75, 3.05) is 31.8 Å². The number of rotatable bonds is 4. The van der Waals surface area contributed by atoms with Gasteiger partial charge in [0, 0.05) is 30.2 Å². The van der Waals surface area contributed by atoms with E-state index in [0.717, 1.165) is 17.6 Å². The summed E-state index contributed by atoms with van der Waals surface area (Å²) in [5, 5.41) is 3.91. The molecule has 1 aliphatic heterocycles. The number of alkyl halides is 3. The summed E-state index contributed by atoms with van der Waals surface area (Å²) >= 11 is 0. The summed E-state index contributed by atoms with van der Waals surface area (Å²) in [5.41, 5.74) is 6.52. The molecule has 0 bridgehead atoms. The maximum absolute atomic E-state index is 13.2. The van der Waals surface area contributed by atoms with Gasteiger partial charge in [0.15, 0.2) is 17.0 Å². The first kappa shape index (κ1) is 20.8. The molecule has 1 atom stereocenters. The first-order valence-corrected chi connectivity index (χ1v) is 9.63. The van der Waals surface area contributed by atoms with Crippen molar-refractivity contribution in [3.05, 3.63) is 46.9 Å². The molecule has 4 rings (SSSR count). The molecule has 2 heterocycles. The Kier molecular flexibility index (Phi) is 5.16. The normalized spacial score (nSPS) is 15.0. The molecule has 2 aromatic carbocycles. The van der Waals surface area contributed by atoms with Gasteiger partial charge in [0.05, 0.1) is 31.3 Å². The van der Waals surface area contributed by atoms with Gasteiger partial charge in [-0.3, -0.25) is 4.99 Å². The lowest BCUT2D eigenvalue weighted by Gasteiger charge is -2.15. The van der Waals surface area contributed by atoms with Gasteiger partial charge >= 0.3 is 6.18 Å². The number of nitrogens with zero attached hydrogens (tertiary/aromatic N) is 3. The quantitative estimate of drug-likeness (QED) is 0.612. The standard InChI is InChI=1S/C21H22F3N5O2/c1-11(12-6-13(21(22,23)24)8-14(25)7-12)27-19-15-9-17(30-2)18(31-3)10-16(15)29-5-4-26-20(29)28-19/h6-11H,4-5,25H2,1-3H3,(H,26,27,28)/t11-/m1/s1. The second-order valence-electron chi connectivity index (χ2n) is 7.25. The first-order chi connectivity index (χ1) is 14.7. The molecular formula is C21H22F3N5O2. The van der Waals surface area contributed by atoms with Gasteiger partial charge in [-0.05, 0) is 36.8 Å². The number of hydrogen-bond acceptors (Lipinski definition) is 6. The van der Waals surface area contributed by atoms with Crippen LogP contribution in [0.2, 0.25) is 0 Å². The second-order valence-corrected chi connectivity index (χ2v) is 7.25. The van der Waals surface area contributed by atoms with Gasteiger partial charge in [0.1, 0.15) is 0 Å². The van der Waals surface area contributed by atoms with Gasteiger partial charge in [-0.15, -0.1) is 0 Å². The lowest BCUT2D eigenvalue weighted by Crippen LogP contribution is -2.16. The van der Waals surface area contributed by atoms with Crippen LogP contribution < -0.4 is 26.0 Å². The van der Waals surface area contributed by atoms with Crippen LogP contribution in [-0.2, 0) is 12.7 Å². The number of aromatic nitrogens is 2. The van der Waals surface area contributed by atoms with Gasteiger partial charge in [0.25, 0.3) is 0 Å². The van der Waals surface area contributed by atoms with Gasteiger partial charge in [0.2, 0.25) is 5.95 Å². The summed E-state index contributed by atoms with van der Waals surface area (Å²) < 4.78 is 52.5. The van der Waals surface area contributed by atoms with Gasteiger partial charge in [-0.1, -0.05) is 0 Å². The summed E-state index contributed by atoms with van der Waals surface area (Å²) in [6, 6.07) is 6.48. The van der Waals surface area contributed by atoms with Crippen LogP contribution >= 0.6 is 0 Å². The van der Waals surface area contributed by atoms with E-state index in [1.54, 1.807) is 20.1 Å². The van der Waals surface area contributed by atoms with Crippen LogP contribution in [0.1, 0.15) is 24.1 Å². The van der Waals surface area contributed by atoms with Crippen molar-refractivity contribution in [1.82, 2.24) is 9.55 Å². The van der Waals surface area contributed by atoms with Gasteiger partial charge < -0.3 is 25.1 Å². The van der Waals surface area contributed by atoms with Gasteiger partial charge in [-0.2, -0.15) is 18.2 Å². The number of benzene rings is 2. The van der Waals surface area contributed by atoms with Crippen LogP contribution in [0.5, 0.6) is 11.5 Å². The SMILES string of the molecule is COc1cc2c(=N[C@H](C)c3cc(N)cc(C(F)(F)F)c3)nc3n(c2cc1OC)CCN3. The van der Waals surface area contributed by atoms with Crippen molar-refractivity contribution in [2.24, 2.45) is 4.99 Å². The molecule has 0 saturated heterocycles. The molecule has 164 valence electrons. The van der Waals surface area contributed by atoms with Crippen LogP contribution in [0.4, 0.5) is 24.8 Å². The van der Waals surface area contributed by atoms with Crippen LogP contribution in [0.25, 0.3) is 10.9 Å². The fraction of sp³-hybridized carbons (Fsp3) is 0.333. The Balaban J connectivity index is 1.92. The van der Waals surface area contributed by atoms with E-state index in [-0.39, 0.29) is 5.69 Å². The van der Waals surface area contributed by atoms with E-state index in [4.69, 9.17) is 15.2 Å². The lowest BCUT2D eigenvalue weighted by molar-refractivity contribution is -0.137. The zero-order valence-corrected chi connectivity index (χ0v) is 17.2. The van der Waals surface area contributed by atoms with Crippen LogP contribution in [0.3, 0.4) is 0 Å². The Labute approximate surface area is 176 Å². The number of nitrogens with two attached hydrogens (primary N) is 1. The maximum atomic E-state index is 13.2. The van der Waals surface area contributed by atoms with Gasteiger partial charge in [-0.25, -0.2) is 0 Å². The highest BCUT2D eigenvalue weighted by molar-refractivity contribution is 5.83. The molecule has 0 saturated carbocycles. The number of nitrogens with one attached hydrogen (secondary N) is 1. The third kappa shape index (κ3) is 3.85. The minimum atomic E-state index is -4.49. The van der Waals surface area contributed by atoms with E-state index >= 15 is 0 Å². The van der Waals surface area contributed by atoms with E-state index in [0.29, 0.717) is 47.0 Å². The van der Waals surface area contributed by atoms with E-state index in [9.17, 15) is 13.2 Å². The Morgan fingerprint density at radius 3 is 2.52 bits per heavy atom. The average Bonchev–Trinajstić information content (AvgIpc) is 3.20. The number of fused-ring (bicyclic) bond motifs is 3. The second kappa shape index (κ2) is 7.68. The highest BCUT2D eigenvalue weighted by Gasteiger charge is 2.31. The van der Waals surface area contributed by atoms with Crippen LogP contribution in [-0.4, -0.2) is 30.3 Å². The minimum absolute atomic E-state index is 0.0299. The molecular weight excluding hydrogens is 411 g/mol. The third-order valence-electron chi connectivity index (χ3n) is 5.22.